The van der Waals surface area contributed by atoms with E-state index in [2.05, 4.69) is 20.8 Å². The van der Waals surface area contributed by atoms with Crippen molar-refractivity contribution >= 4 is 18.0 Å². The Balaban J connectivity index is 1.43. The summed E-state index contributed by atoms with van der Waals surface area (Å²) in [6.45, 7) is -0.131. The van der Waals surface area contributed by atoms with Gasteiger partial charge < -0.3 is 14.8 Å². The molecule has 1 unspecified atom stereocenters. The Labute approximate surface area is 143 Å². The van der Waals surface area contributed by atoms with Gasteiger partial charge in [0.2, 0.25) is 6.10 Å². The van der Waals surface area contributed by atoms with E-state index in [1.54, 1.807) is 42.7 Å². The summed E-state index contributed by atoms with van der Waals surface area (Å²) in [6, 6.07) is 10.6. The lowest BCUT2D eigenvalue weighted by molar-refractivity contribution is -0.132. The van der Waals surface area contributed by atoms with Crippen LogP contribution in [0.1, 0.15) is 5.56 Å². The molecule has 0 bridgehead atoms. The van der Waals surface area contributed by atoms with Crippen molar-refractivity contribution in [1.82, 2.24) is 15.7 Å². The highest BCUT2D eigenvalue weighted by molar-refractivity contribution is 5.88. The van der Waals surface area contributed by atoms with E-state index in [9.17, 15) is 9.59 Å². The zero-order valence-corrected chi connectivity index (χ0v) is 13.2. The number of nitrogens with one attached hydrogen (secondary N) is 2. The third-order valence-corrected chi connectivity index (χ3v) is 3.31. The summed E-state index contributed by atoms with van der Waals surface area (Å²) >= 11 is 0. The summed E-state index contributed by atoms with van der Waals surface area (Å²) in [7, 11) is 0. The molecule has 0 saturated carbocycles. The number of aromatic nitrogens is 1. The van der Waals surface area contributed by atoms with Gasteiger partial charge in [-0.3, -0.25) is 14.6 Å². The highest BCUT2D eigenvalue weighted by Gasteiger charge is 2.27. The summed E-state index contributed by atoms with van der Waals surface area (Å²) in [5.74, 6) is 0.208. The van der Waals surface area contributed by atoms with Crippen molar-refractivity contribution in [3.63, 3.8) is 0 Å². The molecule has 1 aromatic carbocycles. The van der Waals surface area contributed by atoms with Gasteiger partial charge in [0.15, 0.2) is 11.5 Å². The molecule has 1 atom stereocenters. The van der Waals surface area contributed by atoms with E-state index >= 15 is 0 Å². The van der Waals surface area contributed by atoms with Crippen LogP contribution in [-0.4, -0.2) is 42.3 Å². The molecule has 0 radical (unpaired) electrons. The summed E-state index contributed by atoms with van der Waals surface area (Å²) in [6.07, 6.45) is 3.90. The number of para-hydroxylation sites is 2. The standard InChI is InChI=1S/C17H16N4O4/c22-16(21-20-9-12-4-3-7-18-8-12)10-19-17(23)15-11-24-13-5-1-2-6-14(13)25-15/h1-9,15H,10-11H2,(H,19,23)(H,21,22). The average Bonchev–Trinajstić information content (AvgIpc) is 2.66. The first-order valence-corrected chi connectivity index (χ1v) is 7.60. The van der Waals surface area contributed by atoms with Crippen molar-refractivity contribution in [2.24, 2.45) is 5.10 Å². The Morgan fingerprint density at radius 2 is 2.08 bits per heavy atom. The smallest absolute Gasteiger partial charge is 0.265 e. The molecule has 1 aliphatic rings. The maximum Gasteiger partial charge on any atom is 0.265 e. The van der Waals surface area contributed by atoms with E-state index in [1.165, 1.54) is 6.21 Å². The van der Waals surface area contributed by atoms with Gasteiger partial charge in [0, 0.05) is 18.0 Å². The topological polar surface area (TPSA) is 102 Å². The zero-order chi connectivity index (χ0) is 17.5. The fraction of sp³-hybridized carbons (Fsp3) is 0.176. The van der Waals surface area contributed by atoms with Gasteiger partial charge in [-0.15, -0.1) is 0 Å². The number of amides is 2. The molecular formula is C17H16N4O4. The Kier molecular flexibility index (Phi) is 5.20. The lowest BCUT2D eigenvalue weighted by atomic mass is 10.2. The van der Waals surface area contributed by atoms with Crippen LogP contribution in [-0.2, 0) is 9.59 Å². The molecule has 2 heterocycles. The summed E-state index contributed by atoms with van der Waals surface area (Å²) in [5, 5.41) is 6.28. The first-order chi connectivity index (χ1) is 12.2. The molecule has 128 valence electrons. The number of benzene rings is 1. The van der Waals surface area contributed by atoms with Crippen LogP contribution in [0.3, 0.4) is 0 Å². The molecule has 8 nitrogen and oxygen atoms in total. The second-order valence-electron chi connectivity index (χ2n) is 5.16. The Bertz CT molecular complexity index is 779. The van der Waals surface area contributed by atoms with Crippen LogP contribution in [0.2, 0.25) is 0 Å². The fourth-order valence-electron chi connectivity index (χ4n) is 2.10. The van der Waals surface area contributed by atoms with Crippen molar-refractivity contribution in [3.8, 4) is 11.5 Å². The van der Waals surface area contributed by atoms with E-state index in [0.717, 1.165) is 5.56 Å². The molecule has 2 aromatic rings. The van der Waals surface area contributed by atoms with Crippen LogP contribution >= 0.6 is 0 Å². The molecule has 0 aliphatic carbocycles. The number of hydrazone groups is 1. The Morgan fingerprint density at radius 1 is 1.24 bits per heavy atom. The minimum Gasteiger partial charge on any atom is -0.485 e. The van der Waals surface area contributed by atoms with Crippen molar-refractivity contribution in [2.45, 2.75) is 6.10 Å². The lowest BCUT2D eigenvalue weighted by Crippen LogP contribution is -2.46. The van der Waals surface area contributed by atoms with Crippen LogP contribution in [0, 0.1) is 0 Å². The van der Waals surface area contributed by atoms with Gasteiger partial charge in [-0.2, -0.15) is 5.10 Å². The van der Waals surface area contributed by atoms with Crippen molar-refractivity contribution in [2.75, 3.05) is 13.2 Å². The van der Waals surface area contributed by atoms with Gasteiger partial charge in [-0.1, -0.05) is 18.2 Å². The van der Waals surface area contributed by atoms with E-state index in [0.29, 0.717) is 11.5 Å². The quantitative estimate of drug-likeness (QED) is 0.609. The van der Waals surface area contributed by atoms with Gasteiger partial charge >= 0.3 is 0 Å². The second-order valence-corrected chi connectivity index (χ2v) is 5.16. The van der Waals surface area contributed by atoms with E-state index in [4.69, 9.17) is 9.47 Å². The predicted octanol–water partition coefficient (Wildman–Crippen LogP) is 0.488. The molecular weight excluding hydrogens is 324 g/mol. The zero-order valence-electron chi connectivity index (χ0n) is 13.2. The Morgan fingerprint density at radius 3 is 2.88 bits per heavy atom. The number of rotatable bonds is 5. The molecule has 0 fully saturated rings. The molecule has 2 amide bonds. The van der Waals surface area contributed by atoms with E-state index in [-0.39, 0.29) is 13.2 Å². The molecule has 0 saturated heterocycles. The molecule has 1 aromatic heterocycles. The molecule has 0 spiro atoms. The molecule has 8 heteroatoms. The largest absolute Gasteiger partial charge is 0.485 e. The lowest BCUT2D eigenvalue weighted by Gasteiger charge is -2.25. The second kappa shape index (κ2) is 7.91. The number of ether oxygens (including phenoxy) is 2. The maximum atomic E-state index is 12.1. The minimum absolute atomic E-state index is 0.0869. The number of fused-ring (bicyclic) bond motifs is 1. The molecule has 1 aliphatic heterocycles. The Hall–Kier alpha value is -3.42. The van der Waals surface area contributed by atoms with Gasteiger partial charge in [-0.05, 0) is 18.2 Å². The monoisotopic (exact) mass is 340 g/mol. The SMILES string of the molecule is O=C(CNC(=O)C1COc2ccccc2O1)NN=Cc1cccnc1. The van der Waals surface area contributed by atoms with E-state index in [1.807, 2.05) is 6.07 Å². The number of carbonyl (C=O) groups excluding carboxylic acids is 2. The number of nitrogens with zero attached hydrogens (tertiary/aromatic N) is 2. The summed E-state index contributed by atoms with van der Waals surface area (Å²) in [5.41, 5.74) is 3.07. The number of hydrogen-bond donors (Lipinski definition) is 2. The van der Waals surface area contributed by atoms with Crippen LogP contribution < -0.4 is 20.2 Å². The molecule has 2 N–H and O–H groups in total. The highest BCUT2D eigenvalue weighted by Crippen LogP contribution is 2.30. The van der Waals surface area contributed by atoms with Crippen LogP contribution in [0.15, 0.2) is 53.9 Å². The van der Waals surface area contributed by atoms with Gasteiger partial charge in [0.25, 0.3) is 11.8 Å². The third-order valence-electron chi connectivity index (χ3n) is 3.31. The normalized spacial score (nSPS) is 15.6. The van der Waals surface area contributed by atoms with Crippen LogP contribution in [0.5, 0.6) is 11.5 Å². The third kappa shape index (κ3) is 4.54. The summed E-state index contributed by atoms with van der Waals surface area (Å²) in [4.78, 5) is 27.7. The fourth-order valence-corrected chi connectivity index (χ4v) is 2.10. The van der Waals surface area contributed by atoms with Gasteiger partial charge in [0.05, 0.1) is 12.8 Å². The number of hydrogen-bond acceptors (Lipinski definition) is 6. The first kappa shape index (κ1) is 16.4. The van der Waals surface area contributed by atoms with E-state index < -0.39 is 17.9 Å². The number of carbonyl (C=O) groups is 2. The maximum absolute atomic E-state index is 12.1. The van der Waals surface area contributed by atoms with Gasteiger partial charge in [-0.25, -0.2) is 5.43 Å². The average molecular weight is 340 g/mol. The molecule has 3 rings (SSSR count). The first-order valence-electron chi connectivity index (χ1n) is 7.60. The number of pyridine rings is 1. The van der Waals surface area contributed by atoms with Crippen molar-refractivity contribution in [3.05, 3.63) is 54.4 Å². The predicted molar refractivity (Wildman–Crippen MR) is 89.3 cm³/mol. The van der Waals surface area contributed by atoms with Crippen LogP contribution in [0.4, 0.5) is 0 Å². The minimum atomic E-state index is -0.804. The molecule has 25 heavy (non-hydrogen) atoms. The van der Waals surface area contributed by atoms with Crippen molar-refractivity contribution < 1.29 is 19.1 Å². The van der Waals surface area contributed by atoms with Gasteiger partial charge in [0.1, 0.15) is 6.61 Å². The highest BCUT2D eigenvalue weighted by atomic mass is 16.6. The van der Waals surface area contributed by atoms with Crippen LogP contribution in [0.25, 0.3) is 0 Å². The summed E-state index contributed by atoms with van der Waals surface area (Å²) < 4.78 is 11.0. The van der Waals surface area contributed by atoms with Crippen molar-refractivity contribution in [1.29, 1.82) is 0 Å².